The highest BCUT2D eigenvalue weighted by Crippen LogP contribution is 2.14. The molecule has 0 aliphatic rings. The second-order valence-corrected chi connectivity index (χ2v) is 3.50. The lowest BCUT2D eigenvalue weighted by atomic mass is 10.1. The van der Waals surface area contributed by atoms with Crippen molar-refractivity contribution in [3.8, 4) is 0 Å². The van der Waals surface area contributed by atoms with E-state index >= 15 is 0 Å². The van der Waals surface area contributed by atoms with Gasteiger partial charge in [-0.2, -0.15) is 0 Å². The van der Waals surface area contributed by atoms with Crippen LogP contribution in [0.1, 0.15) is 5.56 Å². The van der Waals surface area contributed by atoms with Gasteiger partial charge in [-0.25, -0.2) is 4.98 Å². The molecule has 2 rings (SSSR count). The Morgan fingerprint density at radius 1 is 1.46 bits per heavy atom. The summed E-state index contributed by atoms with van der Waals surface area (Å²) in [5.41, 5.74) is 3.46. The molecule has 0 saturated carbocycles. The minimum Gasteiger partial charge on any atom is -0.334 e. The lowest BCUT2D eigenvalue weighted by Crippen LogP contribution is -1.87. The summed E-state index contributed by atoms with van der Waals surface area (Å²) in [7, 11) is 2.00. The molecule has 0 atom stereocenters. The van der Waals surface area contributed by atoms with Crippen LogP contribution in [0.15, 0.2) is 24.5 Å². The Labute approximate surface area is 82.1 Å². The van der Waals surface area contributed by atoms with E-state index in [0.29, 0.717) is 5.88 Å². The first kappa shape index (κ1) is 8.57. The standard InChI is InChI=1S/C10H11ClN2/c1-13-7-12-9-6-8(4-5-11)2-3-10(9)13/h2-3,6-7H,4-5H2,1H3. The highest BCUT2D eigenvalue weighted by molar-refractivity contribution is 6.18. The molecule has 2 nitrogen and oxygen atoms in total. The van der Waals surface area contributed by atoms with E-state index in [1.165, 1.54) is 11.1 Å². The summed E-state index contributed by atoms with van der Waals surface area (Å²) in [6.45, 7) is 0. The molecule has 3 heteroatoms. The number of hydrogen-bond donors (Lipinski definition) is 0. The highest BCUT2D eigenvalue weighted by Gasteiger charge is 1.99. The minimum absolute atomic E-state index is 0.665. The Hall–Kier alpha value is -1.02. The summed E-state index contributed by atoms with van der Waals surface area (Å²) in [5, 5.41) is 0. The van der Waals surface area contributed by atoms with Gasteiger partial charge in [0.1, 0.15) is 0 Å². The molecule has 68 valence electrons. The summed E-state index contributed by atoms with van der Waals surface area (Å²) >= 11 is 5.67. The first-order chi connectivity index (χ1) is 6.31. The predicted molar refractivity (Wildman–Crippen MR) is 55.1 cm³/mol. The molecule has 0 aliphatic carbocycles. The zero-order valence-electron chi connectivity index (χ0n) is 7.50. The number of nitrogens with zero attached hydrogens (tertiary/aromatic N) is 2. The van der Waals surface area contributed by atoms with Crippen LogP contribution in [-0.4, -0.2) is 15.4 Å². The Balaban J connectivity index is 2.50. The predicted octanol–water partition coefficient (Wildman–Crippen LogP) is 2.35. The van der Waals surface area contributed by atoms with Crippen LogP contribution in [0, 0.1) is 0 Å². The second-order valence-electron chi connectivity index (χ2n) is 3.12. The molecule has 2 aromatic rings. The van der Waals surface area contributed by atoms with Crippen molar-refractivity contribution in [3.05, 3.63) is 30.1 Å². The number of aryl methyl sites for hydroxylation is 2. The van der Waals surface area contributed by atoms with Gasteiger partial charge in [0.2, 0.25) is 0 Å². The molecule has 0 radical (unpaired) electrons. The van der Waals surface area contributed by atoms with Crippen molar-refractivity contribution in [2.75, 3.05) is 5.88 Å². The third-order valence-electron chi connectivity index (χ3n) is 2.17. The van der Waals surface area contributed by atoms with Gasteiger partial charge in [0.05, 0.1) is 17.4 Å². The number of halogens is 1. The van der Waals surface area contributed by atoms with E-state index in [1.807, 2.05) is 17.9 Å². The zero-order chi connectivity index (χ0) is 9.26. The van der Waals surface area contributed by atoms with Crippen LogP contribution in [0.5, 0.6) is 0 Å². The molecule has 0 spiro atoms. The lowest BCUT2D eigenvalue weighted by Gasteiger charge is -1.98. The number of rotatable bonds is 2. The Bertz CT molecular complexity index is 420. The second kappa shape index (κ2) is 3.38. The molecule has 0 amide bonds. The fourth-order valence-corrected chi connectivity index (χ4v) is 1.66. The molecule has 0 fully saturated rings. The van der Waals surface area contributed by atoms with E-state index in [9.17, 15) is 0 Å². The number of aromatic nitrogens is 2. The maximum absolute atomic E-state index is 5.67. The SMILES string of the molecule is Cn1cnc2cc(CCCl)ccc21. The first-order valence-electron chi connectivity index (χ1n) is 4.27. The summed E-state index contributed by atoms with van der Waals surface area (Å²) in [5.74, 6) is 0.665. The van der Waals surface area contributed by atoms with Crippen LogP contribution in [0.4, 0.5) is 0 Å². The molecule has 1 aromatic heterocycles. The van der Waals surface area contributed by atoms with E-state index in [1.54, 1.807) is 0 Å². The third kappa shape index (κ3) is 1.54. The smallest absolute Gasteiger partial charge is 0.0955 e. The average Bonchev–Trinajstić information content (AvgIpc) is 2.48. The Kier molecular flexibility index (Phi) is 2.23. The van der Waals surface area contributed by atoms with Crippen LogP contribution in [0.25, 0.3) is 11.0 Å². The monoisotopic (exact) mass is 194 g/mol. The van der Waals surface area contributed by atoms with Crippen molar-refractivity contribution in [1.82, 2.24) is 9.55 Å². The van der Waals surface area contributed by atoms with E-state index in [2.05, 4.69) is 23.2 Å². The van der Waals surface area contributed by atoms with Gasteiger partial charge in [0.15, 0.2) is 0 Å². The molecular weight excluding hydrogens is 184 g/mol. The summed E-state index contributed by atoms with van der Waals surface area (Å²) in [6, 6.07) is 6.29. The van der Waals surface area contributed by atoms with Crippen molar-refractivity contribution in [1.29, 1.82) is 0 Å². The fraction of sp³-hybridized carbons (Fsp3) is 0.300. The topological polar surface area (TPSA) is 17.8 Å². The van der Waals surface area contributed by atoms with Gasteiger partial charge in [-0.1, -0.05) is 6.07 Å². The molecular formula is C10H11ClN2. The van der Waals surface area contributed by atoms with E-state index in [0.717, 1.165) is 11.9 Å². The Morgan fingerprint density at radius 2 is 2.31 bits per heavy atom. The van der Waals surface area contributed by atoms with Crippen molar-refractivity contribution < 1.29 is 0 Å². The first-order valence-corrected chi connectivity index (χ1v) is 4.80. The van der Waals surface area contributed by atoms with Crippen molar-refractivity contribution in [3.63, 3.8) is 0 Å². The maximum atomic E-state index is 5.67. The van der Waals surface area contributed by atoms with Gasteiger partial charge in [-0.15, -0.1) is 11.6 Å². The van der Waals surface area contributed by atoms with Crippen molar-refractivity contribution >= 4 is 22.6 Å². The number of fused-ring (bicyclic) bond motifs is 1. The molecule has 0 aliphatic heterocycles. The number of alkyl halides is 1. The molecule has 13 heavy (non-hydrogen) atoms. The van der Waals surface area contributed by atoms with Crippen LogP contribution in [-0.2, 0) is 13.5 Å². The summed E-state index contributed by atoms with van der Waals surface area (Å²) in [4.78, 5) is 4.28. The van der Waals surface area contributed by atoms with Crippen LogP contribution < -0.4 is 0 Å². The lowest BCUT2D eigenvalue weighted by molar-refractivity contribution is 0.947. The van der Waals surface area contributed by atoms with E-state index in [4.69, 9.17) is 11.6 Å². The zero-order valence-corrected chi connectivity index (χ0v) is 8.25. The molecule has 0 bridgehead atoms. The number of benzene rings is 1. The molecule has 0 unspecified atom stereocenters. The van der Waals surface area contributed by atoms with E-state index < -0.39 is 0 Å². The number of hydrogen-bond acceptors (Lipinski definition) is 1. The van der Waals surface area contributed by atoms with Gasteiger partial charge in [0, 0.05) is 12.9 Å². The normalized spacial score (nSPS) is 10.9. The van der Waals surface area contributed by atoms with Gasteiger partial charge in [0.25, 0.3) is 0 Å². The van der Waals surface area contributed by atoms with Gasteiger partial charge >= 0.3 is 0 Å². The van der Waals surface area contributed by atoms with Crippen molar-refractivity contribution in [2.45, 2.75) is 6.42 Å². The minimum atomic E-state index is 0.665. The highest BCUT2D eigenvalue weighted by atomic mass is 35.5. The van der Waals surface area contributed by atoms with Crippen LogP contribution in [0.2, 0.25) is 0 Å². The summed E-state index contributed by atoms with van der Waals surface area (Å²) in [6.07, 6.45) is 2.74. The average molecular weight is 195 g/mol. The molecule has 1 heterocycles. The number of imidazole rings is 1. The molecule has 1 aromatic carbocycles. The van der Waals surface area contributed by atoms with Gasteiger partial charge in [-0.05, 0) is 24.1 Å². The molecule has 0 saturated heterocycles. The van der Waals surface area contributed by atoms with Crippen LogP contribution in [0.3, 0.4) is 0 Å². The fourth-order valence-electron chi connectivity index (χ4n) is 1.45. The van der Waals surface area contributed by atoms with Gasteiger partial charge in [-0.3, -0.25) is 0 Å². The largest absolute Gasteiger partial charge is 0.334 e. The Morgan fingerprint density at radius 3 is 3.08 bits per heavy atom. The van der Waals surface area contributed by atoms with E-state index in [-0.39, 0.29) is 0 Å². The van der Waals surface area contributed by atoms with Crippen LogP contribution >= 0.6 is 11.6 Å². The third-order valence-corrected chi connectivity index (χ3v) is 2.36. The quantitative estimate of drug-likeness (QED) is 0.672. The molecule has 0 N–H and O–H groups in total. The maximum Gasteiger partial charge on any atom is 0.0955 e. The summed E-state index contributed by atoms with van der Waals surface area (Å²) < 4.78 is 2.01. The van der Waals surface area contributed by atoms with Crippen molar-refractivity contribution in [2.24, 2.45) is 7.05 Å². The van der Waals surface area contributed by atoms with Gasteiger partial charge < -0.3 is 4.57 Å².